The number of nitrogens with two attached hydrogens (primary N) is 1. The predicted octanol–water partition coefficient (Wildman–Crippen LogP) is 3.38. The molecule has 0 fully saturated rings. The monoisotopic (exact) mass is 269 g/mol. The van der Waals surface area contributed by atoms with Crippen LogP contribution in [-0.2, 0) is 9.53 Å². The van der Waals surface area contributed by atoms with Crippen LogP contribution < -0.4 is 5.73 Å². The standard InChI is InChI=1S/C17H19NO2/c1-2-15(13-9-5-3-6-10-13)20-16(17(18)19)14-11-7-4-8-12-14/h3-12,15-16H,2H2,1H3,(H2,18,19). The lowest BCUT2D eigenvalue weighted by Crippen LogP contribution is -2.25. The number of ether oxygens (including phenoxy) is 1. The van der Waals surface area contributed by atoms with Gasteiger partial charge in [-0.1, -0.05) is 67.6 Å². The number of benzene rings is 2. The molecule has 2 N–H and O–H groups in total. The fraction of sp³-hybridized carbons (Fsp3) is 0.235. The molecule has 3 nitrogen and oxygen atoms in total. The first-order chi connectivity index (χ1) is 9.72. The van der Waals surface area contributed by atoms with Gasteiger partial charge in [0.05, 0.1) is 6.10 Å². The molecule has 0 aliphatic carbocycles. The van der Waals surface area contributed by atoms with E-state index in [1.165, 1.54) is 0 Å². The Morgan fingerprint density at radius 2 is 1.50 bits per heavy atom. The summed E-state index contributed by atoms with van der Waals surface area (Å²) in [5.41, 5.74) is 7.33. The highest BCUT2D eigenvalue weighted by Crippen LogP contribution is 2.28. The van der Waals surface area contributed by atoms with E-state index in [9.17, 15) is 4.79 Å². The lowest BCUT2D eigenvalue weighted by molar-refractivity contribution is -0.134. The summed E-state index contributed by atoms with van der Waals surface area (Å²) < 4.78 is 5.96. The minimum absolute atomic E-state index is 0.145. The van der Waals surface area contributed by atoms with Gasteiger partial charge < -0.3 is 10.5 Å². The zero-order valence-corrected chi connectivity index (χ0v) is 11.5. The Balaban J connectivity index is 2.21. The van der Waals surface area contributed by atoms with Crippen molar-refractivity contribution in [1.29, 1.82) is 0 Å². The van der Waals surface area contributed by atoms with Crippen LogP contribution in [0.25, 0.3) is 0 Å². The van der Waals surface area contributed by atoms with Crippen LogP contribution in [0, 0.1) is 0 Å². The van der Waals surface area contributed by atoms with Crippen LogP contribution in [0.2, 0.25) is 0 Å². The first-order valence-corrected chi connectivity index (χ1v) is 6.77. The van der Waals surface area contributed by atoms with Crippen LogP contribution in [-0.4, -0.2) is 5.91 Å². The lowest BCUT2D eigenvalue weighted by atomic mass is 10.1. The van der Waals surface area contributed by atoms with E-state index in [1.807, 2.05) is 67.6 Å². The molecule has 2 aromatic carbocycles. The van der Waals surface area contributed by atoms with Crippen LogP contribution in [0.15, 0.2) is 60.7 Å². The SMILES string of the molecule is CCC(OC(C(N)=O)c1ccccc1)c1ccccc1. The highest BCUT2D eigenvalue weighted by Gasteiger charge is 2.23. The van der Waals surface area contributed by atoms with Gasteiger partial charge in [0.15, 0.2) is 6.10 Å². The number of carbonyl (C=O) groups excluding carboxylic acids is 1. The van der Waals surface area contributed by atoms with E-state index >= 15 is 0 Å². The van der Waals surface area contributed by atoms with E-state index in [2.05, 4.69) is 0 Å². The van der Waals surface area contributed by atoms with E-state index in [0.29, 0.717) is 0 Å². The second-order valence-electron chi connectivity index (χ2n) is 4.64. The summed E-state index contributed by atoms with van der Waals surface area (Å²) in [5, 5.41) is 0. The maximum absolute atomic E-state index is 11.7. The highest BCUT2D eigenvalue weighted by atomic mass is 16.5. The van der Waals surface area contributed by atoms with Gasteiger partial charge in [-0.15, -0.1) is 0 Å². The quantitative estimate of drug-likeness (QED) is 0.874. The van der Waals surface area contributed by atoms with Crippen LogP contribution in [0.3, 0.4) is 0 Å². The minimum atomic E-state index is -0.721. The molecule has 0 aromatic heterocycles. The van der Waals surface area contributed by atoms with Crippen molar-refractivity contribution in [1.82, 2.24) is 0 Å². The van der Waals surface area contributed by atoms with E-state index in [4.69, 9.17) is 10.5 Å². The van der Waals surface area contributed by atoms with Gasteiger partial charge in [0.25, 0.3) is 5.91 Å². The smallest absolute Gasteiger partial charge is 0.251 e. The molecule has 0 radical (unpaired) electrons. The maximum Gasteiger partial charge on any atom is 0.251 e. The Hall–Kier alpha value is -2.13. The topological polar surface area (TPSA) is 52.3 Å². The Bertz CT molecular complexity index is 539. The summed E-state index contributed by atoms with van der Waals surface area (Å²) in [6.07, 6.45) is -0.0871. The summed E-state index contributed by atoms with van der Waals surface area (Å²) in [7, 11) is 0. The zero-order valence-electron chi connectivity index (χ0n) is 11.5. The average Bonchev–Trinajstić information content (AvgIpc) is 2.50. The first-order valence-electron chi connectivity index (χ1n) is 6.77. The fourth-order valence-electron chi connectivity index (χ4n) is 2.18. The summed E-state index contributed by atoms with van der Waals surface area (Å²) in [6, 6.07) is 19.2. The largest absolute Gasteiger partial charge is 0.367 e. The molecule has 0 saturated heterocycles. The van der Waals surface area contributed by atoms with Crippen molar-refractivity contribution in [2.75, 3.05) is 0 Å². The molecule has 3 heteroatoms. The molecule has 1 amide bonds. The van der Waals surface area contributed by atoms with E-state index in [1.54, 1.807) is 0 Å². The summed E-state index contributed by atoms with van der Waals surface area (Å²) in [5.74, 6) is -0.467. The van der Waals surface area contributed by atoms with E-state index in [0.717, 1.165) is 17.5 Å². The Morgan fingerprint density at radius 3 is 1.95 bits per heavy atom. The molecule has 0 aliphatic rings. The van der Waals surface area contributed by atoms with Crippen LogP contribution in [0.1, 0.15) is 36.7 Å². The van der Waals surface area contributed by atoms with Gasteiger partial charge in [0.1, 0.15) is 0 Å². The number of amides is 1. The van der Waals surface area contributed by atoms with Crippen molar-refractivity contribution < 1.29 is 9.53 Å². The second-order valence-corrected chi connectivity index (χ2v) is 4.64. The van der Waals surface area contributed by atoms with Gasteiger partial charge >= 0.3 is 0 Å². The third-order valence-corrected chi connectivity index (χ3v) is 3.20. The van der Waals surface area contributed by atoms with Gasteiger partial charge in [-0.05, 0) is 17.5 Å². The van der Waals surface area contributed by atoms with Crippen molar-refractivity contribution in [3.63, 3.8) is 0 Å². The molecule has 2 aromatic rings. The molecule has 2 unspecified atom stereocenters. The number of primary amides is 1. The van der Waals surface area contributed by atoms with Gasteiger partial charge in [0.2, 0.25) is 0 Å². The zero-order chi connectivity index (χ0) is 14.4. The number of rotatable bonds is 6. The molecule has 2 rings (SSSR count). The minimum Gasteiger partial charge on any atom is -0.367 e. The molecule has 20 heavy (non-hydrogen) atoms. The molecular weight excluding hydrogens is 250 g/mol. The van der Waals surface area contributed by atoms with Gasteiger partial charge in [-0.3, -0.25) is 4.79 Å². The maximum atomic E-state index is 11.7. The predicted molar refractivity (Wildman–Crippen MR) is 78.9 cm³/mol. The van der Waals surface area contributed by atoms with Gasteiger partial charge in [-0.2, -0.15) is 0 Å². The highest BCUT2D eigenvalue weighted by molar-refractivity contribution is 5.80. The van der Waals surface area contributed by atoms with Crippen LogP contribution in [0.4, 0.5) is 0 Å². The number of hydrogen-bond donors (Lipinski definition) is 1. The van der Waals surface area contributed by atoms with Crippen LogP contribution in [0.5, 0.6) is 0 Å². The molecule has 0 spiro atoms. The molecule has 0 bridgehead atoms. The van der Waals surface area contributed by atoms with Crippen molar-refractivity contribution >= 4 is 5.91 Å². The van der Waals surface area contributed by atoms with Crippen molar-refractivity contribution in [3.8, 4) is 0 Å². The van der Waals surface area contributed by atoms with Gasteiger partial charge in [0, 0.05) is 0 Å². The average molecular weight is 269 g/mol. The second kappa shape index (κ2) is 6.87. The van der Waals surface area contributed by atoms with Crippen molar-refractivity contribution in [3.05, 3.63) is 71.8 Å². The Morgan fingerprint density at radius 1 is 1.00 bits per heavy atom. The van der Waals surface area contributed by atoms with Crippen LogP contribution >= 0.6 is 0 Å². The molecule has 0 aliphatic heterocycles. The first kappa shape index (κ1) is 14.3. The molecule has 2 atom stereocenters. The van der Waals surface area contributed by atoms with E-state index in [-0.39, 0.29) is 6.10 Å². The lowest BCUT2D eigenvalue weighted by Gasteiger charge is -2.22. The Labute approximate surface area is 119 Å². The third-order valence-electron chi connectivity index (χ3n) is 3.20. The van der Waals surface area contributed by atoms with Crippen molar-refractivity contribution in [2.45, 2.75) is 25.6 Å². The molecule has 0 saturated carbocycles. The number of hydrogen-bond acceptors (Lipinski definition) is 2. The number of carbonyl (C=O) groups is 1. The third kappa shape index (κ3) is 3.45. The van der Waals surface area contributed by atoms with Crippen molar-refractivity contribution in [2.24, 2.45) is 5.73 Å². The summed E-state index contributed by atoms with van der Waals surface area (Å²) >= 11 is 0. The normalized spacial score (nSPS) is 13.7. The molecular formula is C17H19NO2. The molecule has 0 heterocycles. The fourth-order valence-corrected chi connectivity index (χ4v) is 2.18. The van der Waals surface area contributed by atoms with Gasteiger partial charge in [-0.25, -0.2) is 0 Å². The summed E-state index contributed by atoms with van der Waals surface area (Å²) in [4.78, 5) is 11.7. The molecule has 104 valence electrons. The summed E-state index contributed by atoms with van der Waals surface area (Å²) in [6.45, 7) is 2.03. The Kier molecular flexibility index (Phi) is 4.91. The van der Waals surface area contributed by atoms with E-state index < -0.39 is 12.0 Å².